The van der Waals surface area contributed by atoms with Crippen LogP contribution in [0.5, 0.6) is 0 Å². The van der Waals surface area contributed by atoms with Gasteiger partial charge in [0, 0.05) is 18.3 Å². The van der Waals surface area contributed by atoms with Crippen LogP contribution in [0.3, 0.4) is 0 Å². The van der Waals surface area contributed by atoms with Gasteiger partial charge in [0.2, 0.25) is 0 Å². The van der Waals surface area contributed by atoms with Crippen molar-refractivity contribution in [2.45, 2.75) is 37.9 Å². The Morgan fingerprint density at radius 1 is 1.65 bits per heavy atom. The van der Waals surface area contributed by atoms with E-state index in [9.17, 15) is 9.59 Å². The van der Waals surface area contributed by atoms with Crippen molar-refractivity contribution >= 4 is 17.7 Å². The summed E-state index contributed by atoms with van der Waals surface area (Å²) in [6.45, 7) is 4.11. The van der Waals surface area contributed by atoms with Gasteiger partial charge in [-0.25, -0.2) is 0 Å². The van der Waals surface area contributed by atoms with Crippen molar-refractivity contribution < 1.29 is 9.90 Å². The molecule has 0 aromatic carbocycles. The molecular formula is C11H16N2O3S. The summed E-state index contributed by atoms with van der Waals surface area (Å²) in [5, 5.41) is 9.11. The number of aliphatic carboxylic acids is 1. The third-order valence-corrected chi connectivity index (χ3v) is 3.26. The van der Waals surface area contributed by atoms with E-state index in [4.69, 9.17) is 5.11 Å². The SMILES string of the molecule is CCCC(C)n1ccc(=O)nc1SCC(=O)O. The molecule has 1 rings (SSSR count). The normalized spacial score (nSPS) is 12.4. The van der Waals surface area contributed by atoms with Gasteiger partial charge in [-0.15, -0.1) is 0 Å². The lowest BCUT2D eigenvalue weighted by atomic mass is 10.2. The Bertz CT molecular complexity index is 445. The van der Waals surface area contributed by atoms with Gasteiger partial charge in [-0.2, -0.15) is 4.98 Å². The van der Waals surface area contributed by atoms with Crippen LogP contribution in [0.4, 0.5) is 0 Å². The summed E-state index contributed by atoms with van der Waals surface area (Å²) in [6, 6.07) is 1.61. The molecule has 0 amide bonds. The number of carboxylic acid groups (broad SMARTS) is 1. The molecule has 0 bridgehead atoms. The first-order valence-corrected chi connectivity index (χ1v) is 6.47. The van der Waals surface area contributed by atoms with Gasteiger partial charge in [0.25, 0.3) is 5.56 Å². The van der Waals surface area contributed by atoms with Crippen LogP contribution in [0, 0.1) is 0 Å². The minimum Gasteiger partial charge on any atom is -0.481 e. The number of nitrogens with zero attached hydrogens (tertiary/aromatic N) is 2. The highest BCUT2D eigenvalue weighted by Crippen LogP contribution is 2.20. The van der Waals surface area contributed by atoms with E-state index in [0.717, 1.165) is 24.6 Å². The first-order valence-electron chi connectivity index (χ1n) is 5.48. The van der Waals surface area contributed by atoms with E-state index in [1.54, 1.807) is 6.20 Å². The first kappa shape index (κ1) is 13.8. The Kier molecular flexibility index (Phi) is 5.21. The molecule has 1 atom stereocenters. The summed E-state index contributed by atoms with van der Waals surface area (Å²) in [4.78, 5) is 25.6. The van der Waals surface area contributed by atoms with E-state index >= 15 is 0 Å². The lowest BCUT2D eigenvalue weighted by Crippen LogP contribution is -2.16. The van der Waals surface area contributed by atoms with Crippen molar-refractivity contribution in [2.24, 2.45) is 0 Å². The van der Waals surface area contributed by atoms with Gasteiger partial charge in [0.15, 0.2) is 5.16 Å². The molecule has 1 N–H and O–H groups in total. The van der Waals surface area contributed by atoms with E-state index in [2.05, 4.69) is 11.9 Å². The molecule has 0 aliphatic carbocycles. The van der Waals surface area contributed by atoms with Crippen LogP contribution in [-0.4, -0.2) is 26.4 Å². The zero-order valence-electron chi connectivity index (χ0n) is 9.92. The lowest BCUT2D eigenvalue weighted by molar-refractivity contribution is -0.133. The van der Waals surface area contributed by atoms with Crippen molar-refractivity contribution in [3.63, 3.8) is 0 Å². The van der Waals surface area contributed by atoms with Gasteiger partial charge in [0.1, 0.15) is 0 Å². The Labute approximate surface area is 104 Å². The molecule has 0 saturated heterocycles. The number of carboxylic acids is 1. The monoisotopic (exact) mass is 256 g/mol. The second-order valence-corrected chi connectivity index (χ2v) is 4.72. The van der Waals surface area contributed by atoms with Crippen LogP contribution in [0.15, 0.2) is 22.2 Å². The van der Waals surface area contributed by atoms with Crippen LogP contribution in [0.2, 0.25) is 0 Å². The van der Waals surface area contributed by atoms with Gasteiger partial charge < -0.3 is 9.67 Å². The molecule has 5 nitrogen and oxygen atoms in total. The molecule has 1 aromatic heterocycles. The lowest BCUT2D eigenvalue weighted by Gasteiger charge is -2.17. The third kappa shape index (κ3) is 4.22. The van der Waals surface area contributed by atoms with E-state index in [-0.39, 0.29) is 17.4 Å². The fourth-order valence-electron chi connectivity index (χ4n) is 1.52. The number of hydrogen-bond donors (Lipinski definition) is 1. The number of aromatic nitrogens is 2. The molecule has 94 valence electrons. The second-order valence-electron chi connectivity index (χ2n) is 3.78. The molecule has 17 heavy (non-hydrogen) atoms. The predicted molar refractivity (Wildman–Crippen MR) is 66.5 cm³/mol. The first-order chi connectivity index (χ1) is 8.04. The molecular weight excluding hydrogens is 240 g/mol. The number of rotatable bonds is 6. The average molecular weight is 256 g/mol. The summed E-state index contributed by atoms with van der Waals surface area (Å²) >= 11 is 1.08. The van der Waals surface area contributed by atoms with Gasteiger partial charge in [-0.1, -0.05) is 25.1 Å². The summed E-state index contributed by atoms with van der Waals surface area (Å²) in [5.41, 5.74) is -0.335. The van der Waals surface area contributed by atoms with E-state index in [0.29, 0.717) is 5.16 Å². The highest BCUT2D eigenvalue weighted by Gasteiger charge is 2.11. The van der Waals surface area contributed by atoms with Crippen molar-refractivity contribution in [3.05, 3.63) is 22.6 Å². The van der Waals surface area contributed by atoms with Crippen LogP contribution in [-0.2, 0) is 4.79 Å². The molecule has 0 aliphatic heterocycles. The van der Waals surface area contributed by atoms with Gasteiger partial charge >= 0.3 is 5.97 Å². The molecule has 0 spiro atoms. The molecule has 0 saturated carbocycles. The fraction of sp³-hybridized carbons (Fsp3) is 0.545. The maximum absolute atomic E-state index is 11.2. The van der Waals surface area contributed by atoms with Crippen molar-refractivity contribution in [1.82, 2.24) is 9.55 Å². The third-order valence-electron chi connectivity index (χ3n) is 2.31. The highest BCUT2D eigenvalue weighted by molar-refractivity contribution is 7.99. The number of carbonyl (C=O) groups is 1. The summed E-state index contributed by atoms with van der Waals surface area (Å²) in [5.74, 6) is -1.00. The Morgan fingerprint density at radius 3 is 2.94 bits per heavy atom. The molecule has 0 fully saturated rings. The minimum atomic E-state index is -0.914. The van der Waals surface area contributed by atoms with Crippen LogP contribution >= 0.6 is 11.8 Å². The maximum atomic E-state index is 11.2. The Hall–Kier alpha value is -1.30. The molecule has 1 heterocycles. The summed E-state index contributed by atoms with van der Waals surface area (Å²) < 4.78 is 1.86. The van der Waals surface area contributed by atoms with E-state index in [1.165, 1.54) is 6.07 Å². The molecule has 1 aromatic rings. The quantitative estimate of drug-likeness (QED) is 0.620. The smallest absolute Gasteiger partial charge is 0.313 e. The van der Waals surface area contributed by atoms with Crippen molar-refractivity contribution in [3.8, 4) is 0 Å². The van der Waals surface area contributed by atoms with Crippen LogP contribution in [0.25, 0.3) is 0 Å². The standard InChI is InChI=1S/C11H16N2O3S/c1-3-4-8(2)13-6-5-9(14)12-11(13)17-7-10(15)16/h5-6,8H,3-4,7H2,1-2H3,(H,15,16). The topological polar surface area (TPSA) is 72.2 Å². The zero-order chi connectivity index (χ0) is 12.8. The fourth-order valence-corrected chi connectivity index (χ4v) is 2.32. The maximum Gasteiger partial charge on any atom is 0.313 e. The molecule has 0 radical (unpaired) electrons. The van der Waals surface area contributed by atoms with Crippen LogP contribution < -0.4 is 5.56 Å². The highest BCUT2D eigenvalue weighted by atomic mass is 32.2. The van der Waals surface area contributed by atoms with Crippen LogP contribution in [0.1, 0.15) is 32.7 Å². The average Bonchev–Trinajstić information content (AvgIpc) is 2.26. The Balaban J connectivity index is 2.94. The van der Waals surface area contributed by atoms with E-state index < -0.39 is 5.97 Å². The van der Waals surface area contributed by atoms with Gasteiger partial charge in [-0.05, 0) is 13.3 Å². The molecule has 6 heteroatoms. The largest absolute Gasteiger partial charge is 0.481 e. The summed E-state index contributed by atoms with van der Waals surface area (Å²) in [7, 11) is 0. The number of thioether (sulfide) groups is 1. The zero-order valence-corrected chi connectivity index (χ0v) is 10.7. The van der Waals surface area contributed by atoms with Crippen molar-refractivity contribution in [2.75, 3.05) is 5.75 Å². The summed E-state index contributed by atoms with van der Waals surface area (Å²) in [6.07, 6.45) is 3.67. The van der Waals surface area contributed by atoms with Gasteiger partial charge in [-0.3, -0.25) is 9.59 Å². The Morgan fingerprint density at radius 2 is 2.35 bits per heavy atom. The predicted octanol–water partition coefficient (Wildman–Crippen LogP) is 1.78. The van der Waals surface area contributed by atoms with Crippen molar-refractivity contribution in [1.29, 1.82) is 0 Å². The molecule has 0 aliphatic rings. The second kappa shape index (κ2) is 6.44. The van der Waals surface area contributed by atoms with E-state index in [1.807, 2.05) is 11.5 Å². The minimum absolute atomic E-state index is 0.0880. The van der Waals surface area contributed by atoms with Gasteiger partial charge in [0.05, 0.1) is 5.75 Å². The number of hydrogen-bond acceptors (Lipinski definition) is 4. The molecule has 1 unspecified atom stereocenters.